The van der Waals surface area contributed by atoms with Crippen LogP contribution in [0.3, 0.4) is 0 Å². The van der Waals surface area contributed by atoms with Crippen LogP contribution in [-0.2, 0) is 12.8 Å². The largest absolute Gasteiger partial charge is 0.384 e. The summed E-state index contributed by atoms with van der Waals surface area (Å²) in [4.78, 5) is 11.2. The van der Waals surface area contributed by atoms with Crippen molar-refractivity contribution in [3.8, 4) is 0 Å². The Hall–Kier alpha value is -2.56. The van der Waals surface area contributed by atoms with Gasteiger partial charge in [0.1, 0.15) is 5.69 Å². The fourth-order valence-electron chi connectivity index (χ4n) is 3.77. The second-order valence-electron chi connectivity index (χ2n) is 6.21. The molecule has 2 N–H and O–H groups in total. The number of hydrogen-bond donors (Lipinski definition) is 2. The molecule has 0 bridgehead atoms. The zero-order valence-electron chi connectivity index (χ0n) is 12.8. The van der Waals surface area contributed by atoms with Gasteiger partial charge in [0.2, 0.25) is 0 Å². The van der Waals surface area contributed by atoms with Crippen molar-refractivity contribution in [2.24, 2.45) is 0 Å². The van der Waals surface area contributed by atoms with Crippen molar-refractivity contribution in [3.63, 3.8) is 0 Å². The van der Waals surface area contributed by atoms with Gasteiger partial charge in [-0.1, -0.05) is 24.3 Å². The molecule has 1 unspecified atom stereocenters. The van der Waals surface area contributed by atoms with E-state index in [4.69, 9.17) is 0 Å². The minimum absolute atomic E-state index is 0.144. The Morgan fingerprint density at radius 3 is 2.91 bits per heavy atom. The lowest BCUT2D eigenvalue weighted by Gasteiger charge is -2.27. The predicted molar refractivity (Wildman–Crippen MR) is 91.0 cm³/mol. The van der Waals surface area contributed by atoms with E-state index in [0.29, 0.717) is 5.69 Å². The molecule has 118 valence electrons. The molecule has 5 nitrogen and oxygen atoms in total. The van der Waals surface area contributed by atoms with E-state index in [2.05, 4.69) is 28.8 Å². The molecule has 23 heavy (non-hydrogen) atoms. The van der Waals surface area contributed by atoms with E-state index in [1.807, 2.05) is 12.1 Å². The number of nitro benzene ring substituents is 1. The third-order valence-electron chi connectivity index (χ3n) is 4.87. The summed E-state index contributed by atoms with van der Waals surface area (Å²) in [5, 5.41) is 18.3. The standard InChI is InChI=1S/C18H19N3O2/c22-21(23)17-9-8-15-14(10-11-19-15)18(17)20-16-7-3-5-12-4-1-2-6-13(12)16/h1-2,4,6,8-9,16,19-20H,3,5,7,10-11H2. The second-order valence-corrected chi connectivity index (χ2v) is 6.21. The molecule has 4 rings (SSSR count). The molecular formula is C18H19N3O2. The number of rotatable bonds is 3. The van der Waals surface area contributed by atoms with Crippen LogP contribution in [0, 0.1) is 10.1 Å². The van der Waals surface area contributed by atoms with Gasteiger partial charge in [-0.3, -0.25) is 10.1 Å². The molecule has 0 aromatic heterocycles. The molecule has 0 fully saturated rings. The Morgan fingerprint density at radius 1 is 1.17 bits per heavy atom. The van der Waals surface area contributed by atoms with Gasteiger partial charge in [0.25, 0.3) is 5.69 Å². The molecular weight excluding hydrogens is 290 g/mol. The fourth-order valence-corrected chi connectivity index (χ4v) is 3.77. The number of fused-ring (bicyclic) bond motifs is 2. The molecule has 0 amide bonds. The van der Waals surface area contributed by atoms with E-state index in [9.17, 15) is 10.1 Å². The summed E-state index contributed by atoms with van der Waals surface area (Å²) >= 11 is 0. The number of nitro groups is 1. The molecule has 0 spiro atoms. The highest BCUT2D eigenvalue weighted by Gasteiger charge is 2.27. The maximum absolute atomic E-state index is 11.5. The minimum Gasteiger partial charge on any atom is -0.384 e. The van der Waals surface area contributed by atoms with Crippen molar-refractivity contribution in [2.75, 3.05) is 17.2 Å². The Kier molecular flexibility index (Phi) is 3.41. The molecule has 1 aliphatic carbocycles. The van der Waals surface area contributed by atoms with Gasteiger partial charge in [0.05, 0.1) is 11.0 Å². The highest BCUT2D eigenvalue weighted by atomic mass is 16.6. The molecule has 1 aliphatic heterocycles. The quantitative estimate of drug-likeness (QED) is 0.663. The third kappa shape index (κ3) is 2.42. The van der Waals surface area contributed by atoms with Gasteiger partial charge in [-0.05, 0) is 42.9 Å². The lowest BCUT2D eigenvalue weighted by molar-refractivity contribution is -0.384. The molecule has 1 heterocycles. The average molecular weight is 309 g/mol. The predicted octanol–water partition coefficient (Wildman–Crippen LogP) is 4.05. The van der Waals surface area contributed by atoms with Crippen LogP contribution in [0.2, 0.25) is 0 Å². The molecule has 5 heteroatoms. The summed E-state index contributed by atoms with van der Waals surface area (Å²) in [5.74, 6) is 0. The summed E-state index contributed by atoms with van der Waals surface area (Å²) in [6.45, 7) is 0.840. The minimum atomic E-state index is -0.282. The lowest BCUT2D eigenvalue weighted by Crippen LogP contribution is -2.18. The van der Waals surface area contributed by atoms with Gasteiger partial charge in [0.15, 0.2) is 0 Å². The van der Waals surface area contributed by atoms with Gasteiger partial charge in [-0.15, -0.1) is 0 Å². The normalized spacial score (nSPS) is 18.7. The van der Waals surface area contributed by atoms with E-state index < -0.39 is 0 Å². The van der Waals surface area contributed by atoms with Crippen LogP contribution in [0.25, 0.3) is 0 Å². The van der Waals surface area contributed by atoms with Crippen LogP contribution in [-0.4, -0.2) is 11.5 Å². The van der Waals surface area contributed by atoms with Gasteiger partial charge in [-0.25, -0.2) is 0 Å². The maximum atomic E-state index is 11.5. The average Bonchev–Trinajstić information content (AvgIpc) is 3.04. The van der Waals surface area contributed by atoms with Gasteiger partial charge in [0, 0.05) is 23.9 Å². The van der Waals surface area contributed by atoms with E-state index in [-0.39, 0.29) is 16.7 Å². The monoisotopic (exact) mass is 309 g/mol. The van der Waals surface area contributed by atoms with Crippen LogP contribution >= 0.6 is 0 Å². The maximum Gasteiger partial charge on any atom is 0.292 e. The van der Waals surface area contributed by atoms with Crippen LogP contribution in [0.1, 0.15) is 35.6 Å². The van der Waals surface area contributed by atoms with E-state index in [1.165, 1.54) is 11.1 Å². The summed E-state index contributed by atoms with van der Waals surface area (Å²) in [7, 11) is 0. The molecule has 0 saturated carbocycles. The molecule has 2 aromatic carbocycles. The van der Waals surface area contributed by atoms with E-state index >= 15 is 0 Å². The summed E-state index contributed by atoms with van der Waals surface area (Å²) in [5.41, 5.74) is 5.56. The Bertz CT molecular complexity index is 773. The van der Waals surface area contributed by atoms with Crippen molar-refractivity contribution >= 4 is 17.1 Å². The Labute approximate surface area is 134 Å². The number of nitrogens with zero attached hydrogens (tertiary/aromatic N) is 1. The van der Waals surface area contributed by atoms with Gasteiger partial charge < -0.3 is 10.6 Å². The van der Waals surface area contributed by atoms with Crippen LogP contribution in [0.15, 0.2) is 36.4 Å². The molecule has 0 radical (unpaired) electrons. The molecule has 2 aromatic rings. The van der Waals surface area contributed by atoms with Crippen molar-refractivity contribution in [1.82, 2.24) is 0 Å². The first-order valence-electron chi connectivity index (χ1n) is 8.12. The molecule has 0 saturated heterocycles. The smallest absolute Gasteiger partial charge is 0.292 e. The van der Waals surface area contributed by atoms with Crippen LogP contribution in [0.4, 0.5) is 17.1 Å². The highest BCUT2D eigenvalue weighted by Crippen LogP contribution is 2.41. The molecule has 2 aliphatic rings. The number of hydrogen-bond acceptors (Lipinski definition) is 4. The second kappa shape index (κ2) is 5.57. The number of aryl methyl sites for hydroxylation is 1. The zero-order valence-corrected chi connectivity index (χ0v) is 12.8. The first-order valence-corrected chi connectivity index (χ1v) is 8.12. The van der Waals surface area contributed by atoms with Crippen molar-refractivity contribution < 1.29 is 4.92 Å². The van der Waals surface area contributed by atoms with Crippen molar-refractivity contribution in [2.45, 2.75) is 31.7 Å². The SMILES string of the molecule is O=[N+]([O-])c1ccc2c(c1NC1CCCc3ccccc31)CCN2. The van der Waals surface area contributed by atoms with Gasteiger partial charge in [-0.2, -0.15) is 0 Å². The van der Waals surface area contributed by atoms with Crippen LogP contribution in [0.5, 0.6) is 0 Å². The topological polar surface area (TPSA) is 67.2 Å². The summed E-state index contributed by atoms with van der Waals surface area (Å²) < 4.78 is 0. The Balaban J connectivity index is 1.75. The van der Waals surface area contributed by atoms with Crippen molar-refractivity contribution in [1.29, 1.82) is 0 Å². The summed E-state index contributed by atoms with van der Waals surface area (Å²) in [6, 6.07) is 12.0. The Morgan fingerprint density at radius 2 is 2.04 bits per heavy atom. The fraction of sp³-hybridized carbons (Fsp3) is 0.333. The highest BCUT2D eigenvalue weighted by molar-refractivity contribution is 5.77. The lowest BCUT2D eigenvalue weighted by atomic mass is 9.87. The first-order chi connectivity index (χ1) is 11.2. The number of benzene rings is 2. The number of nitrogens with one attached hydrogen (secondary N) is 2. The van der Waals surface area contributed by atoms with E-state index in [0.717, 1.165) is 43.5 Å². The van der Waals surface area contributed by atoms with Crippen LogP contribution < -0.4 is 10.6 Å². The summed E-state index contributed by atoms with van der Waals surface area (Å²) in [6.07, 6.45) is 4.03. The van der Waals surface area contributed by atoms with E-state index in [1.54, 1.807) is 6.07 Å². The molecule has 1 atom stereocenters. The van der Waals surface area contributed by atoms with Gasteiger partial charge >= 0.3 is 0 Å². The van der Waals surface area contributed by atoms with Crippen molar-refractivity contribution in [3.05, 3.63) is 63.2 Å². The zero-order chi connectivity index (χ0) is 15.8. The third-order valence-corrected chi connectivity index (χ3v) is 4.87. The first kappa shape index (κ1) is 14.1. The number of anilines is 2.